The molecule has 1 unspecified atom stereocenters. The predicted molar refractivity (Wildman–Crippen MR) is 48.2 cm³/mol. The van der Waals surface area contributed by atoms with Gasteiger partial charge in [0.1, 0.15) is 5.82 Å². The first-order valence-electron chi connectivity index (χ1n) is 3.76. The van der Waals surface area contributed by atoms with Gasteiger partial charge < -0.3 is 5.73 Å². The molecule has 0 saturated heterocycles. The third-order valence-electron chi connectivity index (χ3n) is 1.69. The van der Waals surface area contributed by atoms with Crippen LogP contribution < -0.4 is 5.73 Å². The zero-order valence-corrected chi connectivity index (χ0v) is 7.00. The summed E-state index contributed by atoms with van der Waals surface area (Å²) >= 11 is 0. The lowest BCUT2D eigenvalue weighted by atomic mass is 10.0. The van der Waals surface area contributed by atoms with Crippen LogP contribution in [0, 0.1) is 17.1 Å². The van der Waals surface area contributed by atoms with E-state index >= 15 is 0 Å². The molecule has 1 rings (SSSR count). The zero-order valence-electron chi connectivity index (χ0n) is 7.00. The quantitative estimate of drug-likeness (QED) is 0.699. The van der Waals surface area contributed by atoms with Crippen LogP contribution in [-0.4, -0.2) is 0 Å². The highest BCUT2D eigenvalue weighted by molar-refractivity contribution is 5.35. The van der Waals surface area contributed by atoms with E-state index < -0.39 is 11.9 Å². The molecule has 0 radical (unpaired) electrons. The first kappa shape index (κ1) is 9.43. The lowest BCUT2D eigenvalue weighted by molar-refractivity contribution is 0.623. The molecule has 2 nitrogen and oxygen atoms in total. The van der Waals surface area contributed by atoms with Gasteiger partial charge in [-0.25, -0.2) is 4.39 Å². The molecule has 0 aliphatic heterocycles. The number of rotatable bonds is 2. The van der Waals surface area contributed by atoms with Crippen LogP contribution in [0.15, 0.2) is 30.9 Å². The van der Waals surface area contributed by atoms with Gasteiger partial charge in [-0.15, -0.1) is 6.58 Å². The fourth-order valence-electron chi connectivity index (χ4n) is 1.01. The number of hydrogen-bond acceptors (Lipinski definition) is 2. The van der Waals surface area contributed by atoms with Crippen molar-refractivity contribution in [1.29, 1.82) is 5.26 Å². The first-order valence-corrected chi connectivity index (χ1v) is 3.76. The Bertz CT molecular complexity index is 366. The number of benzene rings is 1. The van der Waals surface area contributed by atoms with Crippen molar-refractivity contribution in [3.63, 3.8) is 0 Å². The number of hydrogen-bond donors (Lipinski definition) is 1. The summed E-state index contributed by atoms with van der Waals surface area (Å²) in [6, 6.07) is 5.45. The second-order valence-corrected chi connectivity index (χ2v) is 2.65. The van der Waals surface area contributed by atoms with Gasteiger partial charge >= 0.3 is 0 Å². The van der Waals surface area contributed by atoms with Crippen LogP contribution >= 0.6 is 0 Å². The molecule has 0 saturated carbocycles. The SMILES string of the molecule is C=CC(N)c1cc(F)cc(C#N)c1. The molecule has 0 aliphatic rings. The van der Waals surface area contributed by atoms with Gasteiger partial charge in [0, 0.05) is 6.04 Å². The smallest absolute Gasteiger partial charge is 0.124 e. The zero-order chi connectivity index (χ0) is 9.84. The van der Waals surface area contributed by atoms with Crippen molar-refractivity contribution in [2.24, 2.45) is 5.73 Å². The second kappa shape index (κ2) is 3.83. The third-order valence-corrected chi connectivity index (χ3v) is 1.69. The maximum absolute atomic E-state index is 12.9. The van der Waals surface area contributed by atoms with Gasteiger partial charge in [0.25, 0.3) is 0 Å². The Morgan fingerprint density at radius 3 is 2.77 bits per heavy atom. The largest absolute Gasteiger partial charge is 0.321 e. The molecular formula is C10H9FN2. The van der Waals surface area contributed by atoms with Crippen LogP contribution in [0.25, 0.3) is 0 Å². The lowest BCUT2D eigenvalue weighted by Gasteiger charge is -2.06. The van der Waals surface area contributed by atoms with Gasteiger partial charge in [-0.2, -0.15) is 5.26 Å². The molecule has 0 amide bonds. The van der Waals surface area contributed by atoms with Crippen molar-refractivity contribution in [3.05, 3.63) is 47.8 Å². The van der Waals surface area contributed by atoms with Crippen LogP contribution in [0.4, 0.5) is 4.39 Å². The van der Waals surface area contributed by atoms with E-state index in [0.29, 0.717) is 5.56 Å². The fraction of sp³-hybridized carbons (Fsp3) is 0.100. The van der Waals surface area contributed by atoms with Gasteiger partial charge in [0.05, 0.1) is 11.6 Å². The van der Waals surface area contributed by atoms with Crippen LogP contribution in [0.2, 0.25) is 0 Å². The summed E-state index contributed by atoms with van der Waals surface area (Å²) in [6.45, 7) is 3.49. The molecule has 0 spiro atoms. The Morgan fingerprint density at radius 1 is 1.54 bits per heavy atom. The normalized spacial score (nSPS) is 11.8. The van der Waals surface area contributed by atoms with Crippen molar-refractivity contribution in [3.8, 4) is 6.07 Å². The number of nitriles is 1. The molecule has 2 N–H and O–H groups in total. The molecule has 0 aromatic heterocycles. The molecule has 0 aliphatic carbocycles. The summed E-state index contributed by atoms with van der Waals surface area (Å²) in [4.78, 5) is 0. The van der Waals surface area contributed by atoms with Gasteiger partial charge in [-0.05, 0) is 23.8 Å². The minimum Gasteiger partial charge on any atom is -0.321 e. The lowest BCUT2D eigenvalue weighted by Crippen LogP contribution is -2.07. The molecule has 66 valence electrons. The predicted octanol–water partition coefficient (Wildman–Crippen LogP) is 1.88. The van der Waals surface area contributed by atoms with E-state index in [1.54, 1.807) is 6.07 Å². The average Bonchev–Trinajstić information content (AvgIpc) is 2.15. The molecule has 13 heavy (non-hydrogen) atoms. The van der Waals surface area contributed by atoms with Crippen molar-refractivity contribution in [2.75, 3.05) is 0 Å². The van der Waals surface area contributed by atoms with Crippen LogP contribution in [-0.2, 0) is 0 Å². The molecule has 1 aromatic carbocycles. The monoisotopic (exact) mass is 176 g/mol. The van der Waals surface area contributed by atoms with Crippen LogP contribution in [0.5, 0.6) is 0 Å². The van der Waals surface area contributed by atoms with Crippen molar-refractivity contribution >= 4 is 0 Å². The molecule has 0 bridgehead atoms. The highest BCUT2D eigenvalue weighted by Crippen LogP contribution is 2.15. The van der Waals surface area contributed by atoms with Gasteiger partial charge in [0.2, 0.25) is 0 Å². The first-order chi connectivity index (χ1) is 6.17. The summed E-state index contributed by atoms with van der Waals surface area (Å²) in [5.74, 6) is -0.452. The minimum absolute atomic E-state index is 0.271. The van der Waals surface area contributed by atoms with Crippen molar-refractivity contribution in [1.82, 2.24) is 0 Å². The topological polar surface area (TPSA) is 49.8 Å². The van der Waals surface area contributed by atoms with Crippen LogP contribution in [0.1, 0.15) is 17.2 Å². The number of nitrogens with zero attached hydrogens (tertiary/aromatic N) is 1. The fourth-order valence-corrected chi connectivity index (χ4v) is 1.01. The Balaban J connectivity index is 3.17. The van der Waals surface area contributed by atoms with E-state index in [4.69, 9.17) is 11.0 Å². The summed E-state index contributed by atoms with van der Waals surface area (Å²) in [6.07, 6.45) is 1.50. The Hall–Kier alpha value is -1.66. The molecule has 1 aromatic rings. The Labute approximate surface area is 76.1 Å². The molecule has 0 fully saturated rings. The van der Waals surface area contributed by atoms with Gasteiger partial charge in [-0.1, -0.05) is 6.08 Å². The van der Waals surface area contributed by atoms with Gasteiger partial charge in [-0.3, -0.25) is 0 Å². The van der Waals surface area contributed by atoms with E-state index in [1.165, 1.54) is 18.2 Å². The maximum atomic E-state index is 12.9. The average molecular weight is 176 g/mol. The summed E-state index contributed by atoms with van der Waals surface area (Å²) < 4.78 is 12.9. The number of nitrogens with two attached hydrogens (primary N) is 1. The Morgan fingerprint density at radius 2 is 2.23 bits per heavy atom. The second-order valence-electron chi connectivity index (χ2n) is 2.65. The van der Waals surface area contributed by atoms with E-state index in [-0.39, 0.29) is 5.56 Å². The van der Waals surface area contributed by atoms with E-state index in [0.717, 1.165) is 0 Å². The Kier molecular flexibility index (Phi) is 2.78. The number of halogens is 1. The van der Waals surface area contributed by atoms with Crippen LogP contribution in [0.3, 0.4) is 0 Å². The molecule has 1 atom stereocenters. The highest BCUT2D eigenvalue weighted by atomic mass is 19.1. The molecule has 0 heterocycles. The third kappa shape index (κ3) is 2.14. The van der Waals surface area contributed by atoms with E-state index in [9.17, 15) is 4.39 Å². The van der Waals surface area contributed by atoms with Crippen molar-refractivity contribution in [2.45, 2.75) is 6.04 Å². The standard InChI is InChI=1S/C10H9FN2/c1-2-10(13)8-3-7(6-12)4-9(11)5-8/h2-5,10H,1,13H2. The summed E-state index contributed by atoms with van der Waals surface area (Å²) in [5, 5.41) is 8.56. The van der Waals surface area contributed by atoms with E-state index in [2.05, 4.69) is 6.58 Å². The van der Waals surface area contributed by atoms with Crippen molar-refractivity contribution < 1.29 is 4.39 Å². The summed E-state index contributed by atoms with van der Waals surface area (Å²) in [7, 11) is 0. The van der Waals surface area contributed by atoms with E-state index in [1.807, 2.05) is 6.07 Å². The maximum Gasteiger partial charge on any atom is 0.124 e. The molecular weight excluding hydrogens is 167 g/mol. The summed E-state index contributed by atoms with van der Waals surface area (Å²) in [5.41, 5.74) is 6.42. The van der Waals surface area contributed by atoms with Gasteiger partial charge in [0.15, 0.2) is 0 Å². The molecule has 3 heteroatoms. The highest BCUT2D eigenvalue weighted by Gasteiger charge is 2.04. The minimum atomic E-state index is -0.452.